The van der Waals surface area contributed by atoms with Crippen LogP contribution in [0.5, 0.6) is 17.2 Å². The summed E-state index contributed by atoms with van der Waals surface area (Å²) in [6.07, 6.45) is 4.14. The summed E-state index contributed by atoms with van der Waals surface area (Å²) in [6.45, 7) is 1.37. The molecule has 3 aromatic carbocycles. The van der Waals surface area contributed by atoms with Gasteiger partial charge < -0.3 is 19.7 Å². The minimum absolute atomic E-state index is 0.0656. The number of rotatable bonds is 1. The monoisotopic (exact) mass is 566 g/mol. The Bertz CT molecular complexity index is 1680. The average molecular weight is 567 g/mol. The molecule has 1 aliphatic carbocycles. The highest BCUT2D eigenvalue weighted by Gasteiger charge is 2.36. The smallest absolute Gasteiger partial charge is 0.275 e. The Labute approximate surface area is 242 Å². The second kappa shape index (κ2) is 11.0. The van der Waals surface area contributed by atoms with Gasteiger partial charge in [-0.1, -0.05) is 24.3 Å². The van der Waals surface area contributed by atoms with Crippen molar-refractivity contribution in [3.8, 4) is 17.2 Å². The number of amides is 2. The predicted molar refractivity (Wildman–Crippen MR) is 153 cm³/mol. The number of nitrogens with one attached hydrogen (secondary N) is 2. The summed E-state index contributed by atoms with van der Waals surface area (Å²) in [7, 11) is 0. The van der Waals surface area contributed by atoms with Gasteiger partial charge in [0.05, 0.1) is 19.1 Å². The van der Waals surface area contributed by atoms with Crippen molar-refractivity contribution in [1.29, 1.82) is 0 Å². The zero-order valence-corrected chi connectivity index (χ0v) is 23.1. The Morgan fingerprint density at radius 3 is 2.86 bits per heavy atom. The highest BCUT2D eigenvalue weighted by atomic mass is 19.1. The van der Waals surface area contributed by atoms with Crippen LogP contribution in [0.3, 0.4) is 0 Å². The van der Waals surface area contributed by atoms with Crippen molar-refractivity contribution in [3.63, 3.8) is 0 Å². The third-order valence-corrected chi connectivity index (χ3v) is 8.29. The number of hydrogen-bond acceptors (Lipinski definition) is 5. The lowest BCUT2D eigenvalue weighted by Gasteiger charge is -2.38. The molecule has 3 aliphatic heterocycles. The molecule has 1 aromatic heterocycles. The molecule has 2 amide bonds. The summed E-state index contributed by atoms with van der Waals surface area (Å²) in [4.78, 5) is 28.5. The van der Waals surface area contributed by atoms with E-state index >= 15 is 0 Å². The zero-order valence-electron chi connectivity index (χ0n) is 23.1. The number of hydrogen-bond donors (Lipinski definition) is 2. The quantitative estimate of drug-likeness (QED) is 0.336. The maximum atomic E-state index is 14.7. The Kier molecular flexibility index (Phi) is 6.85. The van der Waals surface area contributed by atoms with Crippen LogP contribution in [-0.2, 0) is 30.5 Å². The van der Waals surface area contributed by atoms with Crippen LogP contribution in [0.15, 0.2) is 60.7 Å². The second-order valence-electron chi connectivity index (χ2n) is 11.1. The molecule has 4 aliphatic rings. The number of fused-ring (bicyclic) bond motifs is 8. The van der Waals surface area contributed by atoms with Crippen LogP contribution in [0.1, 0.15) is 62.9 Å². The highest BCUT2D eigenvalue weighted by Crippen LogP contribution is 2.40. The van der Waals surface area contributed by atoms with Gasteiger partial charge in [-0.05, 0) is 90.8 Å². The number of carbonyl (C=O) groups is 2. The van der Waals surface area contributed by atoms with Crippen LogP contribution >= 0.6 is 0 Å². The average Bonchev–Trinajstić information content (AvgIpc) is 3.62. The fourth-order valence-electron chi connectivity index (χ4n) is 6.25. The van der Waals surface area contributed by atoms with Gasteiger partial charge in [0.25, 0.3) is 5.91 Å². The summed E-state index contributed by atoms with van der Waals surface area (Å²) < 4.78 is 26.8. The largest absolute Gasteiger partial charge is 0.494 e. The Hall–Kier alpha value is -4.66. The maximum absolute atomic E-state index is 14.7. The highest BCUT2D eigenvalue weighted by molar-refractivity contribution is 5.95. The molecule has 1 unspecified atom stereocenters. The van der Waals surface area contributed by atoms with Crippen LogP contribution in [0.4, 0.5) is 4.39 Å². The van der Waals surface area contributed by atoms with E-state index in [0.717, 1.165) is 47.2 Å². The Morgan fingerprint density at radius 2 is 1.93 bits per heavy atom. The molecule has 9 heteroatoms. The molecule has 8 nitrogen and oxygen atoms in total. The van der Waals surface area contributed by atoms with E-state index in [0.29, 0.717) is 55.3 Å². The van der Waals surface area contributed by atoms with Gasteiger partial charge in [-0.15, -0.1) is 0 Å². The molecule has 8 rings (SSSR count). The molecule has 0 saturated heterocycles. The molecule has 4 heterocycles. The van der Waals surface area contributed by atoms with Crippen molar-refractivity contribution in [2.75, 3.05) is 19.7 Å². The molecule has 4 aromatic rings. The summed E-state index contributed by atoms with van der Waals surface area (Å²) in [5, 5.41) is 10.4. The first-order valence-corrected chi connectivity index (χ1v) is 14.5. The minimum atomic E-state index is -0.502. The van der Waals surface area contributed by atoms with Gasteiger partial charge in [-0.2, -0.15) is 5.10 Å². The number of ether oxygens (including phenoxy) is 2. The first-order chi connectivity index (χ1) is 20.5. The molecule has 2 N–H and O–H groups in total. The molecule has 0 radical (unpaired) electrons. The summed E-state index contributed by atoms with van der Waals surface area (Å²) in [6, 6.07) is 17.6. The number of carbonyl (C=O) groups excluding carboxylic acids is 2. The third kappa shape index (κ3) is 5.00. The van der Waals surface area contributed by atoms with E-state index in [-0.39, 0.29) is 30.0 Å². The molecule has 214 valence electrons. The van der Waals surface area contributed by atoms with Crippen LogP contribution < -0.4 is 14.8 Å². The number of benzene rings is 3. The third-order valence-electron chi connectivity index (χ3n) is 8.29. The fourth-order valence-corrected chi connectivity index (χ4v) is 6.25. The van der Waals surface area contributed by atoms with Crippen molar-refractivity contribution in [1.82, 2.24) is 20.4 Å². The lowest BCUT2D eigenvalue weighted by atomic mass is 9.87. The van der Waals surface area contributed by atoms with Crippen molar-refractivity contribution in [2.24, 2.45) is 0 Å². The Morgan fingerprint density at radius 1 is 1.00 bits per heavy atom. The van der Waals surface area contributed by atoms with Crippen LogP contribution in [-0.4, -0.2) is 46.6 Å². The standard InChI is InChI=1S/C33H31FN4O4/c34-27-11-8-20-16-29(27)42-24-9-10-25-21(18-24)12-14-38(33(40)31-26-6-2-7-28(26)36-37-31)32(25)22-4-1-5-23(19-22)41-15-3-13-35-30(39)17-20/h1,4-5,8-11,16,18-19,32H,2-3,6-7,12-15,17H2,(H,35,39)(H,36,37). The van der Waals surface area contributed by atoms with Crippen molar-refractivity contribution in [2.45, 2.75) is 44.6 Å². The minimum Gasteiger partial charge on any atom is -0.494 e. The lowest BCUT2D eigenvalue weighted by Crippen LogP contribution is -2.41. The van der Waals surface area contributed by atoms with E-state index in [1.54, 1.807) is 18.2 Å². The first kappa shape index (κ1) is 26.3. The number of halogens is 1. The van der Waals surface area contributed by atoms with Gasteiger partial charge in [0.2, 0.25) is 5.91 Å². The van der Waals surface area contributed by atoms with Gasteiger partial charge in [0.15, 0.2) is 17.3 Å². The number of aryl methyl sites for hydroxylation is 1. The van der Waals surface area contributed by atoms with E-state index in [9.17, 15) is 14.0 Å². The molecule has 0 spiro atoms. The maximum Gasteiger partial charge on any atom is 0.275 e. The van der Waals surface area contributed by atoms with Gasteiger partial charge >= 0.3 is 0 Å². The van der Waals surface area contributed by atoms with E-state index in [1.165, 1.54) is 6.07 Å². The SMILES string of the molecule is O=C1Cc2ccc(F)c(c2)Oc2ccc3c(c2)CCN(C(=O)c2n[nH]c4c2CCC4)C3c2cccc(c2)OCCCN1. The van der Waals surface area contributed by atoms with Gasteiger partial charge in [-0.3, -0.25) is 14.7 Å². The van der Waals surface area contributed by atoms with Crippen molar-refractivity contribution < 1.29 is 23.5 Å². The van der Waals surface area contributed by atoms with Crippen LogP contribution in [0.25, 0.3) is 0 Å². The number of nitrogens with zero attached hydrogens (tertiary/aromatic N) is 2. The summed E-state index contributed by atoms with van der Waals surface area (Å²) in [5.41, 5.74) is 6.17. The molecule has 1 atom stereocenters. The summed E-state index contributed by atoms with van der Waals surface area (Å²) in [5.74, 6) is 0.509. The molecular formula is C33H31FN4O4. The molecule has 0 fully saturated rings. The first-order valence-electron chi connectivity index (χ1n) is 14.5. The zero-order chi connectivity index (χ0) is 28.6. The number of H-pyrrole nitrogens is 1. The molecular weight excluding hydrogens is 535 g/mol. The van der Waals surface area contributed by atoms with Crippen molar-refractivity contribution in [3.05, 3.63) is 106 Å². The van der Waals surface area contributed by atoms with Crippen LogP contribution in [0.2, 0.25) is 0 Å². The molecule has 8 bridgehead atoms. The van der Waals surface area contributed by atoms with Crippen LogP contribution in [0, 0.1) is 5.82 Å². The van der Waals surface area contributed by atoms with Gasteiger partial charge in [-0.25, -0.2) is 4.39 Å². The topological polar surface area (TPSA) is 96.5 Å². The normalized spacial score (nSPS) is 18.2. The summed E-state index contributed by atoms with van der Waals surface area (Å²) >= 11 is 0. The second-order valence-corrected chi connectivity index (χ2v) is 11.1. The van der Waals surface area contributed by atoms with Gasteiger partial charge in [0, 0.05) is 24.3 Å². The van der Waals surface area contributed by atoms with Gasteiger partial charge in [0.1, 0.15) is 11.5 Å². The van der Waals surface area contributed by atoms with E-state index < -0.39 is 5.82 Å². The predicted octanol–water partition coefficient (Wildman–Crippen LogP) is 5.06. The fraction of sp³-hybridized carbons (Fsp3) is 0.303. The van der Waals surface area contributed by atoms with E-state index in [2.05, 4.69) is 15.5 Å². The van der Waals surface area contributed by atoms with E-state index in [1.807, 2.05) is 41.3 Å². The molecule has 42 heavy (non-hydrogen) atoms. The molecule has 0 saturated carbocycles. The lowest BCUT2D eigenvalue weighted by molar-refractivity contribution is -0.120. The van der Waals surface area contributed by atoms with E-state index in [4.69, 9.17) is 9.47 Å². The number of aromatic amines is 1. The van der Waals surface area contributed by atoms with Crippen molar-refractivity contribution >= 4 is 11.8 Å². The Balaban J connectivity index is 1.29. The number of aromatic nitrogens is 2.